The zero-order valence-electron chi connectivity index (χ0n) is 16.4. The van der Waals surface area contributed by atoms with Crippen LogP contribution in [0.5, 0.6) is 0 Å². The number of benzene rings is 2. The Balaban J connectivity index is 1.39. The Morgan fingerprint density at radius 2 is 1.81 bits per heavy atom. The summed E-state index contributed by atoms with van der Waals surface area (Å²) in [6, 6.07) is 17.6. The van der Waals surface area contributed by atoms with Crippen LogP contribution in [-0.2, 0) is 11.2 Å². The third-order valence-corrected chi connectivity index (χ3v) is 5.97. The van der Waals surface area contributed by atoms with Crippen molar-refractivity contribution in [3.63, 3.8) is 0 Å². The van der Waals surface area contributed by atoms with E-state index in [1.54, 1.807) is 0 Å². The summed E-state index contributed by atoms with van der Waals surface area (Å²) >= 11 is 0. The van der Waals surface area contributed by atoms with Gasteiger partial charge in [-0.25, -0.2) is 0 Å². The Bertz CT molecular complexity index is 811. The molecule has 0 bridgehead atoms. The molecule has 1 amide bonds. The number of carbonyl (C=O) groups excluding carboxylic acids is 1. The van der Waals surface area contributed by atoms with E-state index in [0.717, 1.165) is 39.0 Å². The van der Waals surface area contributed by atoms with Gasteiger partial charge >= 0.3 is 0 Å². The fraction of sp³-hybridized carbons (Fsp3) is 0.435. The average molecular weight is 364 g/mol. The lowest BCUT2D eigenvalue weighted by Gasteiger charge is -2.40. The summed E-state index contributed by atoms with van der Waals surface area (Å²) in [6.45, 7) is 8.26. The van der Waals surface area contributed by atoms with E-state index in [0.29, 0.717) is 12.6 Å². The molecule has 0 aromatic heterocycles. The summed E-state index contributed by atoms with van der Waals surface area (Å²) in [5.74, 6) is 0.252. The normalized spacial score (nSPS) is 19.8. The third kappa shape index (κ3) is 3.80. The standard InChI is InChI=1S/C23H29N3O/c1-18-6-5-8-21(16-18)24-12-14-25(15-13-24)23(27)17-26-19(2)10-11-20-7-3-4-9-22(20)26/h3-9,16,19H,10-15,17H2,1-2H3/t19-/m0/s1. The first-order chi connectivity index (χ1) is 13.1. The van der Waals surface area contributed by atoms with Gasteiger partial charge in [0.2, 0.25) is 5.91 Å². The molecule has 2 aromatic rings. The smallest absolute Gasteiger partial charge is 0.242 e. The minimum absolute atomic E-state index is 0.252. The maximum Gasteiger partial charge on any atom is 0.242 e. The first kappa shape index (κ1) is 17.9. The molecular formula is C23H29N3O. The number of fused-ring (bicyclic) bond motifs is 1. The molecule has 0 radical (unpaired) electrons. The minimum atomic E-state index is 0.252. The average Bonchev–Trinajstić information content (AvgIpc) is 2.70. The molecule has 2 aliphatic heterocycles. The van der Waals surface area contributed by atoms with Crippen molar-refractivity contribution >= 4 is 17.3 Å². The summed E-state index contributed by atoms with van der Waals surface area (Å²) in [5.41, 5.74) is 5.15. The molecule has 4 rings (SSSR count). The molecule has 1 fully saturated rings. The zero-order valence-corrected chi connectivity index (χ0v) is 16.4. The molecule has 1 atom stereocenters. The molecule has 2 aromatic carbocycles. The molecule has 2 aliphatic rings. The molecule has 0 aliphatic carbocycles. The Hall–Kier alpha value is -2.49. The fourth-order valence-corrected chi connectivity index (χ4v) is 4.29. The molecular weight excluding hydrogens is 334 g/mol. The molecule has 0 unspecified atom stereocenters. The molecule has 0 N–H and O–H groups in total. The molecule has 4 nitrogen and oxygen atoms in total. The van der Waals surface area contributed by atoms with E-state index in [9.17, 15) is 4.79 Å². The highest BCUT2D eigenvalue weighted by molar-refractivity contribution is 5.82. The summed E-state index contributed by atoms with van der Waals surface area (Å²) < 4.78 is 0. The fourth-order valence-electron chi connectivity index (χ4n) is 4.29. The second-order valence-corrected chi connectivity index (χ2v) is 7.85. The van der Waals surface area contributed by atoms with Crippen LogP contribution >= 0.6 is 0 Å². The summed E-state index contributed by atoms with van der Waals surface area (Å²) in [5, 5.41) is 0. The number of hydrogen-bond donors (Lipinski definition) is 0. The number of aryl methyl sites for hydroxylation is 2. The largest absolute Gasteiger partial charge is 0.368 e. The van der Waals surface area contributed by atoms with Crippen LogP contribution in [0.1, 0.15) is 24.5 Å². The van der Waals surface area contributed by atoms with Gasteiger partial charge < -0.3 is 14.7 Å². The summed E-state index contributed by atoms with van der Waals surface area (Å²) in [4.78, 5) is 19.7. The summed E-state index contributed by atoms with van der Waals surface area (Å²) in [6.07, 6.45) is 2.22. The maximum atomic E-state index is 13.0. The van der Waals surface area contributed by atoms with E-state index in [1.807, 2.05) is 4.90 Å². The number of nitrogens with zero attached hydrogens (tertiary/aromatic N) is 3. The van der Waals surface area contributed by atoms with Gasteiger partial charge in [-0.1, -0.05) is 30.3 Å². The van der Waals surface area contributed by atoms with Crippen molar-refractivity contribution in [3.8, 4) is 0 Å². The maximum absolute atomic E-state index is 13.0. The van der Waals surface area contributed by atoms with E-state index < -0.39 is 0 Å². The number of carbonyl (C=O) groups is 1. The number of piperazine rings is 1. The van der Waals surface area contributed by atoms with Crippen LogP contribution in [0.25, 0.3) is 0 Å². The zero-order chi connectivity index (χ0) is 18.8. The molecule has 0 spiro atoms. The van der Waals surface area contributed by atoms with Crippen molar-refractivity contribution in [1.82, 2.24) is 4.90 Å². The van der Waals surface area contributed by atoms with Crippen molar-refractivity contribution < 1.29 is 4.79 Å². The highest BCUT2D eigenvalue weighted by Crippen LogP contribution is 2.30. The second-order valence-electron chi connectivity index (χ2n) is 7.85. The van der Waals surface area contributed by atoms with E-state index >= 15 is 0 Å². The van der Waals surface area contributed by atoms with Gasteiger partial charge in [-0.3, -0.25) is 4.79 Å². The van der Waals surface area contributed by atoms with Gasteiger partial charge in [-0.15, -0.1) is 0 Å². The number of para-hydroxylation sites is 1. The third-order valence-electron chi connectivity index (χ3n) is 5.97. The van der Waals surface area contributed by atoms with Crippen molar-refractivity contribution in [2.45, 2.75) is 32.7 Å². The number of amides is 1. The Labute approximate surface area is 162 Å². The van der Waals surface area contributed by atoms with Crippen molar-refractivity contribution in [2.75, 3.05) is 42.5 Å². The molecule has 1 saturated heterocycles. The Morgan fingerprint density at radius 3 is 2.59 bits per heavy atom. The molecule has 2 heterocycles. The minimum Gasteiger partial charge on any atom is -0.368 e. The van der Waals surface area contributed by atoms with Crippen molar-refractivity contribution in [1.29, 1.82) is 0 Å². The van der Waals surface area contributed by atoms with Crippen LogP contribution in [0.2, 0.25) is 0 Å². The highest BCUT2D eigenvalue weighted by Gasteiger charge is 2.28. The van der Waals surface area contributed by atoms with Gasteiger partial charge in [0, 0.05) is 43.6 Å². The molecule has 0 saturated carbocycles. The van der Waals surface area contributed by atoms with Crippen LogP contribution in [-0.4, -0.2) is 49.6 Å². The van der Waals surface area contributed by atoms with E-state index in [1.165, 1.54) is 22.5 Å². The quantitative estimate of drug-likeness (QED) is 0.835. The lowest BCUT2D eigenvalue weighted by molar-refractivity contribution is -0.130. The number of rotatable bonds is 3. The first-order valence-corrected chi connectivity index (χ1v) is 10.1. The van der Waals surface area contributed by atoms with Gasteiger partial charge in [0.05, 0.1) is 6.54 Å². The lowest BCUT2D eigenvalue weighted by Crippen LogP contribution is -2.52. The van der Waals surface area contributed by atoms with Crippen LogP contribution in [0.3, 0.4) is 0 Å². The second kappa shape index (κ2) is 7.63. The monoisotopic (exact) mass is 363 g/mol. The van der Waals surface area contributed by atoms with Crippen LogP contribution in [0.15, 0.2) is 48.5 Å². The molecule has 142 valence electrons. The molecule has 27 heavy (non-hydrogen) atoms. The Morgan fingerprint density at radius 1 is 1.04 bits per heavy atom. The topological polar surface area (TPSA) is 26.8 Å². The summed E-state index contributed by atoms with van der Waals surface area (Å²) in [7, 11) is 0. The van der Waals surface area contributed by atoms with E-state index in [-0.39, 0.29) is 5.91 Å². The van der Waals surface area contributed by atoms with Gasteiger partial charge in [0.15, 0.2) is 0 Å². The highest BCUT2D eigenvalue weighted by atomic mass is 16.2. The van der Waals surface area contributed by atoms with E-state index in [4.69, 9.17) is 0 Å². The lowest BCUT2D eigenvalue weighted by atomic mass is 9.96. The van der Waals surface area contributed by atoms with Crippen LogP contribution in [0.4, 0.5) is 11.4 Å². The van der Waals surface area contributed by atoms with Crippen LogP contribution < -0.4 is 9.80 Å². The van der Waals surface area contributed by atoms with Crippen molar-refractivity contribution in [2.24, 2.45) is 0 Å². The number of hydrogen-bond acceptors (Lipinski definition) is 3. The first-order valence-electron chi connectivity index (χ1n) is 10.1. The van der Waals surface area contributed by atoms with Gasteiger partial charge in [-0.05, 0) is 56.0 Å². The molecule has 4 heteroatoms. The van der Waals surface area contributed by atoms with Gasteiger partial charge in [0.1, 0.15) is 0 Å². The Kier molecular flexibility index (Phi) is 5.06. The van der Waals surface area contributed by atoms with E-state index in [2.05, 4.69) is 72.2 Å². The predicted molar refractivity (Wildman–Crippen MR) is 112 cm³/mol. The van der Waals surface area contributed by atoms with Crippen LogP contribution in [0, 0.1) is 6.92 Å². The van der Waals surface area contributed by atoms with Gasteiger partial charge in [0.25, 0.3) is 0 Å². The van der Waals surface area contributed by atoms with Crippen molar-refractivity contribution in [3.05, 3.63) is 59.7 Å². The predicted octanol–water partition coefficient (Wildman–Crippen LogP) is 3.48. The van der Waals surface area contributed by atoms with Gasteiger partial charge in [-0.2, -0.15) is 0 Å². The SMILES string of the molecule is Cc1cccc(N2CCN(C(=O)CN3c4ccccc4CC[C@@H]3C)CC2)c1. The number of anilines is 2.